The van der Waals surface area contributed by atoms with Gasteiger partial charge >= 0.3 is 0 Å². The van der Waals surface area contributed by atoms with Crippen LogP contribution in [0.5, 0.6) is 0 Å². The van der Waals surface area contributed by atoms with Gasteiger partial charge in [-0.15, -0.1) is 6.58 Å². The van der Waals surface area contributed by atoms with Crippen LogP contribution >= 0.6 is 0 Å². The van der Waals surface area contributed by atoms with Gasteiger partial charge in [0.05, 0.1) is 0 Å². The summed E-state index contributed by atoms with van der Waals surface area (Å²) in [4.78, 5) is 0. The Morgan fingerprint density at radius 3 is 2.67 bits per heavy atom. The van der Waals surface area contributed by atoms with Crippen molar-refractivity contribution in [3.8, 4) is 0 Å². The predicted octanol–water partition coefficient (Wildman–Crippen LogP) is 2.59. The standard InChI is InChI=1S/C11H21N/c1-5-6-9-7-8-12-10(9)11(2,3)4/h5,9-10,12H,1,6-8H2,2-4H3. The fourth-order valence-electron chi connectivity index (χ4n) is 2.24. The Hall–Kier alpha value is -0.300. The first-order chi connectivity index (χ1) is 5.55. The van der Waals surface area contributed by atoms with E-state index in [-0.39, 0.29) is 0 Å². The third kappa shape index (κ3) is 2.10. The van der Waals surface area contributed by atoms with Gasteiger partial charge in [0.15, 0.2) is 0 Å². The molecule has 0 saturated carbocycles. The van der Waals surface area contributed by atoms with E-state index < -0.39 is 0 Å². The van der Waals surface area contributed by atoms with Crippen LogP contribution in [-0.4, -0.2) is 12.6 Å². The fraction of sp³-hybridized carbons (Fsp3) is 0.818. The van der Waals surface area contributed by atoms with Gasteiger partial charge in [-0.2, -0.15) is 0 Å². The van der Waals surface area contributed by atoms with E-state index in [0.29, 0.717) is 11.5 Å². The van der Waals surface area contributed by atoms with Crippen molar-refractivity contribution in [2.45, 2.75) is 39.7 Å². The van der Waals surface area contributed by atoms with Crippen molar-refractivity contribution < 1.29 is 0 Å². The van der Waals surface area contributed by atoms with Crippen LogP contribution in [-0.2, 0) is 0 Å². The largest absolute Gasteiger partial charge is 0.313 e. The lowest BCUT2D eigenvalue weighted by molar-refractivity contribution is 0.240. The van der Waals surface area contributed by atoms with E-state index in [4.69, 9.17) is 0 Å². The molecule has 0 bridgehead atoms. The molecule has 0 aromatic rings. The van der Waals surface area contributed by atoms with Crippen LogP contribution in [0.2, 0.25) is 0 Å². The minimum Gasteiger partial charge on any atom is -0.313 e. The number of nitrogens with one attached hydrogen (secondary N) is 1. The first-order valence-electron chi connectivity index (χ1n) is 4.90. The molecule has 0 aromatic carbocycles. The molecule has 2 atom stereocenters. The molecule has 1 saturated heterocycles. The molecule has 12 heavy (non-hydrogen) atoms. The molecule has 0 aliphatic carbocycles. The highest BCUT2D eigenvalue weighted by Crippen LogP contribution is 2.32. The van der Waals surface area contributed by atoms with E-state index >= 15 is 0 Å². The summed E-state index contributed by atoms with van der Waals surface area (Å²) in [6, 6.07) is 0.676. The Morgan fingerprint density at radius 2 is 2.17 bits per heavy atom. The molecule has 1 fully saturated rings. The monoisotopic (exact) mass is 167 g/mol. The number of rotatable bonds is 2. The summed E-state index contributed by atoms with van der Waals surface area (Å²) < 4.78 is 0. The Balaban J connectivity index is 2.57. The van der Waals surface area contributed by atoms with Crippen LogP contribution in [0.25, 0.3) is 0 Å². The minimum absolute atomic E-state index is 0.393. The first-order valence-corrected chi connectivity index (χ1v) is 4.90. The minimum atomic E-state index is 0.393. The summed E-state index contributed by atoms with van der Waals surface area (Å²) in [7, 11) is 0. The summed E-state index contributed by atoms with van der Waals surface area (Å²) >= 11 is 0. The van der Waals surface area contributed by atoms with E-state index in [9.17, 15) is 0 Å². The van der Waals surface area contributed by atoms with Gasteiger partial charge in [0.25, 0.3) is 0 Å². The summed E-state index contributed by atoms with van der Waals surface area (Å²) in [6.07, 6.45) is 4.53. The lowest BCUT2D eigenvalue weighted by Crippen LogP contribution is -2.39. The van der Waals surface area contributed by atoms with Crippen molar-refractivity contribution in [1.82, 2.24) is 5.32 Å². The zero-order chi connectivity index (χ0) is 9.19. The molecular formula is C11H21N. The third-order valence-corrected chi connectivity index (χ3v) is 2.75. The maximum atomic E-state index is 3.81. The van der Waals surface area contributed by atoms with E-state index in [1.807, 2.05) is 0 Å². The summed E-state index contributed by atoms with van der Waals surface area (Å²) in [5.74, 6) is 0.808. The highest BCUT2D eigenvalue weighted by atomic mass is 15.0. The Morgan fingerprint density at radius 1 is 1.50 bits per heavy atom. The molecule has 1 rings (SSSR count). The average Bonchev–Trinajstić information content (AvgIpc) is 2.34. The van der Waals surface area contributed by atoms with Crippen LogP contribution in [0.15, 0.2) is 12.7 Å². The van der Waals surface area contributed by atoms with Gasteiger partial charge < -0.3 is 5.32 Å². The second-order valence-electron chi connectivity index (χ2n) is 4.87. The molecule has 1 aliphatic heterocycles. The lowest BCUT2D eigenvalue weighted by atomic mass is 9.79. The summed E-state index contributed by atoms with van der Waals surface area (Å²) in [6.45, 7) is 11.9. The van der Waals surface area contributed by atoms with Gasteiger partial charge in [-0.1, -0.05) is 26.8 Å². The summed E-state index contributed by atoms with van der Waals surface area (Å²) in [5.41, 5.74) is 0.393. The van der Waals surface area contributed by atoms with Crippen molar-refractivity contribution in [1.29, 1.82) is 0 Å². The molecule has 1 heteroatoms. The van der Waals surface area contributed by atoms with Crippen LogP contribution in [0, 0.1) is 11.3 Å². The van der Waals surface area contributed by atoms with Gasteiger partial charge in [0.1, 0.15) is 0 Å². The fourth-order valence-corrected chi connectivity index (χ4v) is 2.24. The maximum absolute atomic E-state index is 3.81. The van der Waals surface area contributed by atoms with E-state index in [1.54, 1.807) is 0 Å². The van der Waals surface area contributed by atoms with Gasteiger partial charge in [-0.25, -0.2) is 0 Å². The molecule has 70 valence electrons. The van der Waals surface area contributed by atoms with Crippen LogP contribution in [0.4, 0.5) is 0 Å². The molecule has 1 N–H and O–H groups in total. The van der Waals surface area contributed by atoms with Crippen molar-refractivity contribution in [3.63, 3.8) is 0 Å². The quantitative estimate of drug-likeness (QED) is 0.623. The van der Waals surface area contributed by atoms with E-state index in [0.717, 1.165) is 12.3 Å². The summed E-state index contributed by atoms with van der Waals surface area (Å²) in [5, 5.41) is 3.58. The van der Waals surface area contributed by atoms with Crippen LogP contribution < -0.4 is 5.32 Å². The van der Waals surface area contributed by atoms with Crippen molar-refractivity contribution >= 4 is 0 Å². The van der Waals surface area contributed by atoms with Gasteiger partial charge in [-0.3, -0.25) is 0 Å². The van der Waals surface area contributed by atoms with Crippen molar-refractivity contribution in [2.75, 3.05) is 6.54 Å². The Kier molecular flexibility index (Phi) is 2.94. The number of hydrogen-bond donors (Lipinski definition) is 1. The van der Waals surface area contributed by atoms with E-state index in [1.165, 1.54) is 13.0 Å². The second kappa shape index (κ2) is 3.61. The number of allylic oxidation sites excluding steroid dienone is 1. The molecule has 1 nitrogen and oxygen atoms in total. The van der Waals surface area contributed by atoms with Crippen LogP contribution in [0.3, 0.4) is 0 Å². The molecule has 0 spiro atoms. The van der Waals surface area contributed by atoms with E-state index in [2.05, 4.69) is 38.7 Å². The van der Waals surface area contributed by atoms with Gasteiger partial charge in [0.2, 0.25) is 0 Å². The third-order valence-electron chi connectivity index (χ3n) is 2.75. The topological polar surface area (TPSA) is 12.0 Å². The molecule has 0 aromatic heterocycles. The molecule has 1 aliphatic rings. The molecule has 0 radical (unpaired) electrons. The molecule has 2 unspecified atom stereocenters. The Bertz CT molecular complexity index is 155. The Labute approximate surface area is 76.2 Å². The zero-order valence-corrected chi connectivity index (χ0v) is 8.56. The van der Waals surface area contributed by atoms with Crippen LogP contribution in [0.1, 0.15) is 33.6 Å². The molecule has 1 heterocycles. The number of hydrogen-bond acceptors (Lipinski definition) is 1. The normalized spacial score (nSPS) is 30.6. The van der Waals surface area contributed by atoms with Crippen molar-refractivity contribution in [3.05, 3.63) is 12.7 Å². The zero-order valence-electron chi connectivity index (χ0n) is 8.56. The highest BCUT2D eigenvalue weighted by molar-refractivity contribution is 4.94. The predicted molar refractivity (Wildman–Crippen MR) is 54.2 cm³/mol. The first kappa shape index (κ1) is 9.79. The molecular weight excluding hydrogens is 146 g/mol. The van der Waals surface area contributed by atoms with Gasteiger partial charge in [0, 0.05) is 6.04 Å². The smallest absolute Gasteiger partial charge is 0.0147 e. The highest BCUT2D eigenvalue weighted by Gasteiger charge is 2.34. The maximum Gasteiger partial charge on any atom is 0.0147 e. The average molecular weight is 167 g/mol. The second-order valence-corrected chi connectivity index (χ2v) is 4.87. The van der Waals surface area contributed by atoms with Crippen molar-refractivity contribution in [2.24, 2.45) is 11.3 Å². The SMILES string of the molecule is C=CCC1CCNC1C(C)(C)C. The lowest BCUT2D eigenvalue weighted by Gasteiger charge is -2.31. The molecule has 0 amide bonds. The van der Waals surface area contributed by atoms with Gasteiger partial charge in [-0.05, 0) is 30.7 Å².